The van der Waals surface area contributed by atoms with Crippen LogP contribution in [0.3, 0.4) is 0 Å². The third-order valence-electron chi connectivity index (χ3n) is 14.0. The summed E-state index contributed by atoms with van der Waals surface area (Å²) in [5.74, 6) is 0. The monoisotopic (exact) mass is 749 g/mol. The number of nitrogens with zero attached hydrogens (tertiary/aromatic N) is 1. The highest BCUT2D eigenvalue weighted by Crippen LogP contribution is 2.70. The van der Waals surface area contributed by atoms with E-state index in [1.54, 1.807) is 0 Å². The summed E-state index contributed by atoms with van der Waals surface area (Å²) in [6, 6.07) is 75.1. The molecule has 0 heterocycles. The molecule has 0 amide bonds. The lowest BCUT2D eigenvalue weighted by atomic mass is 9.73. The first-order valence-electron chi connectivity index (χ1n) is 20.8. The van der Waals surface area contributed by atoms with Gasteiger partial charge in [-0.2, -0.15) is 0 Å². The maximum absolute atomic E-state index is 2.50. The zero-order valence-corrected chi connectivity index (χ0v) is 33.0. The maximum atomic E-state index is 2.50. The van der Waals surface area contributed by atoms with Crippen LogP contribution in [0.4, 0.5) is 17.1 Å². The van der Waals surface area contributed by atoms with E-state index in [2.05, 4.69) is 219 Å². The van der Waals surface area contributed by atoms with Crippen LogP contribution in [0, 0.1) is 0 Å². The van der Waals surface area contributed by atoms with E-state index in [0.29, 0.717) is 0 Å². The Morgan fingerprint density at radius 2 is 0.797 bits per heavy atom. The van der Waals surface area contributed by atoms with Gasteiger partial charge in [0.1, 0.15) is 0 Å². The van der Waals surface area contributed by atoms with Gasteiger partial charge in [-0.25, -0.2) is 0 Å². The lowest BCUT2D eigenvalue weighted by Gasteiger charge is -2.30. The summed E-state index contributed by atoms with van der Waals surface area (Å²) in [6.45, 7) is 4.73. The van der Waals surface area contributed by atoms with Crippen molar-refractivity contribution in [3.63, 3.8) is 0 Å². The first-order valence-corrected chi connectivity index (χ1v) is 20.8. The Labute approximate surface area is 345 Å². The molecule has 0 bridgehead atoms. The summed E-state index contributed by atoms with van der Waals surface area (Å²) in [5, 5.41) is 0. The number of hydrogen-bond acceptors (Lipinski definition) is 1. The van der Waals surface area contributed by atoms with Gasteiger partial charge in [0.25, 0.3) is 0 Å². The molecular formula is C58H39N. The van der Waals surface area contributed by atoms with Crippen molar-refractivity contribution in [2.75, 3.05) is 4.90 Å². The molecular weight excluding hydrogens is 711 g/mol. The minimum Gasteiger partial charge on any atom is -0.310 e. The zero-order valence-electron chi connectivity index (χ0n) is 33.0. The molecule has 1 unspecified atom stereocenters. The Bertz CT molecular complexity index is 3200. The fraction of sp³-hybridized carbons (Fsp3) is 0.0690. The quantitative estimate of drug-likeness (QED) is 0.169. The Morgan fingerprint density at radius 3 is 1.51 bits per heavy atom. The van der Waals surface area contributed by atoms with E-state index in [-0.39, 0.29) is 10.8 Å². The second-order valence-corrected chi connectivity index (χ2v) is 17.2. The molecule has 0 aliphatic heterocycles. The third kappa shape index (κ3) is 4.19. The molecule has 0 saturated carbocycles. The van der Waals surface area contributed by atoms with Crippen molar-refractivity contribution in [2.24, 2.45) is 0 Å². The number of rotatable bonds is 5. The molecule has 9 aromatic rings. The fourth-order valence-corrected chi connectivity index (χ4v) is 11.5. The van der Waals surface area contributed by atoms with Gasteiger partial charge in [-0.15, -0.1) is 0 Å². The second kappa shape index (κ2) is 11.7. The van der Waals surface area contributed by atoms with Gasteiger partial charge in [0.2, 0.25) is 0 Å². The van der Waals surface area contributed by atoms with Gasteiger partial charge in [-0.3, -0.25) is 0 Å². The molecule has 1 atom stereocenters. The first kappa shape index (κ1) is 32.8. The Balaban J connectivity index is 0.967. The van der Waals surface area contributed by atoms with Crippen molar-refractivity contribution < 1.29 is 0 Å². The van der Waals surface area contributed by atoms with Crippen LogP contribution in [0.1, 0.15) is 47.2 Å². The molecule has 0 radical (unpaired) electrons. The molecule has 0 saturated heterocycles. The van der Waals surface area contributed by atoms with Crippen LogP contribution in [0.15, 0.2) is 200 Å². The summed E-state index contributed by atoms with van der Waals surface area (Å²) < 4.78 is 0. The van der Waals surface area contributed by atoms with Crippen molar-refractivity contribution in [3.8, 4) is 66.8 Å². The summed E-state index contributed by atoms with van der Waals surface area (Å²) in [6.07, 6.45) is 0. The smallest absolute Gasteiger partial charge is 0.0737 e. The Kier molecular flexibility index (Phi) is 6.50. The minimum atomic E-state index is -0.293. The molecule has 4 aliphatic carbocycles. The minimum absolute atomic E-state index is 0.107. The normalized spacial score (nSPS) is 16.2. The lowest BCUT2D eigenvalue weighted by Crippen LogP contribution is -2.23. The molecule has 0 N–H and O–H groups in total. The van der Waals surface area contributed by atoms with E-state index >= 15 is 0 Å². The predicted octanol–water partition coefficient (Wildman–Crippen LogP) is 15.1. The number of hydrogen-bond donors (Lipinski definition) is 0. The molecule has 0 aromatic heterocycles. The van der Waals surface area contributed by atoms with E-state index in [4.69, 9.17) is 0 Å². The molecule has 4 aliphatic rings. The number of anilines is 3. The first-order chi connectivity index (χ1) is 29.0. The van der Waals surface area contributed by atoms with Crippen LogP contribution >= 0.6 is 0 Å². The van der Waals surface area contributed by atoms with Gasteiger partial charge in [-0.1, -0.05) is 178 Å². The van der Waals surface area contributed by atoms with Gasteiger partial charge in [0.05, 0.1) is 11.1 Å². The highest BCUT2D eigenvalue weighted by Gasteiger charge is 2.57. The van der Waals surface area contributed by atoms with Gasteiger partial charge in [0, 0.05) is 22.4 Å². The molecule has 59 heavy (non-hydrogen) atoms. The molecule has 13 rings (SSSR count). The Hall–Kier alpha value is -7.22. The fourth-order valence-electron chi connectivity index (χ4n) is 11.5. The summed E-state index contributed by atoms with van der Waals surface area (Å²) in [7, 11) is 0. The summed E-state index contributed by atoms with van der Waals surface area (Å²) in [5.41, 5.74) is 27.2. The van der Waals surface area contributed by atoms with E-state index < -0.39 is 0 Å². The maximum Gasteiger partial charge on any atom is 0.0737 e. The van der Waals surface area contributed by atoms with Crippen LogP contribution < -0.4 is 4.90 Å². The topological polar surface area (TPSA) is 3.24 Å². The van der Waals surface area contributed by atoms with Crippen LogP contribution in [-0.2, 0) is 10.8 Å². The van der Waals surface area contributed by atoms with E-state index in [1.807, 2.05) is 0 Å². The standard InChI is InChI=1S/C58H39N/c1-57(2)50-23-9-6-17-42(50)44-33-31-40(35-52(44)57)59(54-25-11-8-16-41(54)37-14-4-3-5-15-37)39-29-26-36(27-30-39)38-28-32-45-47-20-13-22-49-48-21-12-19-46-43-18-7-10-24-51(43)58(55(46)48,56(47)49)53(45)34-38/h3-35H,1-2H3. The van der Waals surface area contributed by atoms with Crippen molar-refractivity contribution in [2.45, 2.75) is 24.7 Å². The predicted molar refractivity (Wildman–Crippen MR) is 245 cm³/mol. The number of benzene rings is 9. The van der Waals surface area contributed by atoms with Crippen molar-refractivity contribution in [3.05, 3.63) is 234 Å². The van der Waals surface area contributed by atoms with Crippen LogP contribution in [-0.4, -0.2) is 0 Å². The Morgan fingerprint density at radius 1 is 0.305 bits per heavy atom. The van der Waals surface area contributed by atoms with Crippen molar-refractivity contribution >= 4 is 17.1 Å². The van der Waals surface area contributed by atoms with E-state index in [9.17, 15) is 0 Å². The van der Waals surface area contributed by atoms with Crippen LogP contribution in [0.2, 0.25) is 0 Å². The average Bonchev–Trinajstić information content (AvgIpc) is 3.95. The van der Waals surface area contributed by atoms with Crippen LogP contribution in [0.5, 0.6) is 0 Å². The number of fused-ring (bicyclic) bond motifs is 8. The average molecular weight is 750 g/mol. The van der Waals surface area contributed by atoms with Gasteiger partial charge >= 0.3 is 0 Å². The zero-order chi connectivity index (χ0) is 39.0. The SMILES string of the molecule is CC1(C)c2ccccc2-c2ccc(N(c3ccc(-c4ccc5c(c4)C46c7ccccc7-c7cccc(c74)-c4cccc-5c46)cc3)c3ccccc3-c3ccccc3)cc21. The summed E-state index contributed by atoms with van der Waals surface area (Å²) in [4.78, 5) is 2.46. The summed E-state index contributed by atoms with van der Waals surface area (Å²) >= 11 is 0. The van der Waals surface area contributed by atoms with Gasteiger partial charge < -0.3 is 4.90 Å². The van der Waals surface area contributed by atoms with Gasteiger partial charge in [0.15, 0.2) is 0 Å². The molecule has 1 spiro atoms. The second-order valence-electron chi connectivity index (χ2n) is 17.2. The largest absolute Gasteiger partial charge is 0.310 e. The lowest BCUT2D eigenvalue weighted by molar-refractivity contribution is 0.660. The van der Waals surface area contributed by atoms with Crippen molar-refractivity contribution in [1.82, 2.24) is 0 Å². The molecule has 1 nitrogen and oxygen atoms in total. The molecule has 276 valence electrons. The third-order valence-corrected chi connectivity index (χ3v) is 14.0. The molecule has 1 heteroatoms. The number of para-hydroxylation sites is 1. The van der Waals surface area contributed by atoms with Crippen molar-refractivity contribution in [1.29, 1.82) is 0 Å². The molecule has 0 fully saturated rings. The van der Waals surface area contributed by atoms with Crippen LogP contribution in [0.25, 0.3) is 66.8 Å². The highest BCUT2D eigenvalue weighted by atomic mass is 15.1. The van der Waals surface area contributed by atoms with E-state index in [1.165, 1.54) is 100 Å². The molecule has 9 aromatic carbocycles. The van der Waals surface area contributed by atoms with Gasteiger partial charge in [-0.05, 0) is 131 Å². The highest BCUT2D eigenvalue weighted by molar-refractivity contribution is 6.06. The van der Waals surface area contributed by atoms with E-state index in [0.717, 1.165) is 17.1 Å².